The summed E-state index contributed by atoms with van der Waals surface area (Å²) in [5.41, 5.74) is 0. The Hall–Kier alpha value is -0.670. The zero-order chi connectivity index (χ0) is 21.1. The van der Waals surface area contributed by atoms with Gasteiger partial charge in [0.1, 0.15) is 4.21 Å². The molecule has 168 valence electrons. The van der Waals surface area contributed by atoms with Gasteiger partial charge in [0.25, 0.3) is 10.0 Å². The van der Waals surface area contributed by atoms with Crippen LogP contribution in [0.2, 0.25) is 4.34 Å². The van der Waals surface area contributed by atoms with Crippen molar-refractivity contribution in [2.24, 2.45) is 5.92 Å². The van der Waals surface area contributed by atoms with Gasteiger partial charge in [-0.2, -0.15) is 4.31 Å². The van der Waals surface area contributed by atoms with Crippen LogP contribution in [0.1, 0.15) is 51.4 Å². The maximum Gasteiger partial charge on any atom is 0.252 e. The molecule has 0 aromatic carbocycles. The molecule has 0 radical (unpaired) electrons. The van der Waals surface area contributed by atoms with Gasteiger partial charge in [-0.05, 0) is 43.7 Å². The van der Waals surface area contributed by atoms with Crippen molar-refractivity contribution in [2.75, 3.05) is 39.3 Å². The third kappa shape index (κ3) is 5.21. The highest BCUT2D eigenvalue weighted by Crippen LogP contribution is 2.31. The van der Waals surface area contributed by atoms with Crippen LogP contribution in [0.4, 0.5) is 0 Å². The van der Waals surface area contributed by atoms with Crippen molar-refractivity contribution in [3.05, 3.63) is 16.5 Å². The molecule has 0 spiro atoms. The summed E-state index contributed by atoms with van der Waals surface area (Å²) in [6.45, 7) is 4.62. The maximum atomic E-state index is 12.8. The lowest BCUT2D eigenvalue weighted by molar-refractivity contribution is -0.134. The fourth-order valence-corrected chi connectivity index (χ4v) is 8.18. The van der Waals surface area contributed by atoms with E-state index in [2.05, 4.69) is 4.90 Å². The molecule has 1 aromatic rings. The first-order valence-corrected chi connectivity index (χ1v) is 13.8. The number of amides is 1. The molecular formula is C21H32ClN3O3S2. The number of carbonyl (C=O) groups is 1. The van der Waals surface area contributed by atoms with Gasteiger partial charge in [0, 0.05) is 51.7 Å². The monoisotopic (exact) mass is 473 g/mol. The Kier molecular flexibility index (Phi) is 7.40. The Morgan fingerprint density at radius 2 is 1.63 bits per heavy atom. The van der Waals surface area contributed by atoms with E-state index in [4.69, 9.17) is 11.6 Å². The summed E-state index contributed by atoms with van der Waals surface area (Å²) in [6.07, 6.45) is 8.71. The van der Waals surface area contributed by atoms with E-state index in [0.29, 0.717) is 28.1 Å². The highest BCUT2D eigenvalue weighted by molar-refractivity contribution is 7.91. The predicted octanol–water partition coefficient (Wildman–Crippen LogP) is 3.67. The van der Waals surface area contributed by atoms with Crippen molar-refractivity contribution in [1.82, 2.24) is 14.1 Å². The van der Waals surface area contributed by atoms with Crippen molar-refractivity contribution in [3.8, 4) is 0 Å². The minimum absolute atomic E-state index is 0.240. The largest absolute Gasteiger partial charge is 0.340 e. The molecule has 0 unspecified atom stereocenters. The number of rotatable bonds is 5. The zero-order valence-corrected chi connectivity index (χ0v) is 19.9. The van der Waals surface area contributed by atoms with E-state index in [1.54, 1.807) is 16.4 Å². The molecule has 3 fully saturated rings. The van der Waals surface area contributed by atoms with Crippen molar-refractivity contribution < 1.29 is 13.2 Å². The van der Waals surface area contributed by atoms with Gasteiger partial charge < -0.3 is 4.90 Å². The molecular weight excluding hydrogens is 442 g/mol. The molecule has 1 amide bonds. The number of hydrogen-bond acceptors (Lipinski definition) is 5. The minimum atomic E-state index is -3.46. The molecule has 6 nitrogen and oxygen atoms in total. The topological polar surface area (TPSA) is 60.9 Å². The van der Waals surface area contributed by atoms with Crippen LogP contribution in [-0.2, 0) is 14.8 Å². The van der Waals surface area contributed by atoms with E-state index in [0.717, 1.165) is 56.4 Å². The van der Waals surface area contributed by atoms with Crippen LogP contribution in [0.5, 0.6) is 0 Å². The Morgan fingerprint density at radius 3 is 2.23 bits per heavy atom. The van der Waals surface area contributed by atoms with Gasteiger partial charge >= 0.3 is 0 Å². The molecule has 4 rings (SSSR count). The van der Waals surface area contributed by atoms with E-state index in [9.17, 15) is 13.2 Å². The summed E-state index contributed by atoms with van der Waals surface area (Å²) in [7, 11) is -3.46. The summed E-state index contributed by atoms with van der Waals surface area (Å²) in [4.78, 5) is 17.4. The fourth-order valence-electron chi connectivity index (χ4n) is 5.08. The van der Waals surface area contributed by atoms with Crippen LogP contribution in [0, 0.1) is 5.92 Å². The quantitative estimate of drug-likeness (QED) is 0.654. The Bertz CT molecular complexity index is 822. The molecule has 0 atom stereocenters. The molecule has 0 bridgehead atoms. The molecule has 1 aromatic heterocycles. The summed E-state index contributed by atoms with van der Waals surface area (Å²) < 4.78 is 27.8. The van der Waals surface area contributed by atoms with Crippen molar-refractivity contribution in [2.45, 2.75) is 61.6 Å². The standard InChI is InChI=1S/C21H32ClN3O3S2/c22-19-6-7-21(29-19)30(27,28)25-10-8-17(9-11-25)16-20(26)24-14-12-23(13-15-24)18-4-2-1-3-5-18/h6-7,17-18H,1-5,8-16H2. The summed E-state index contributed by atoms with van der Waals surface area (Å²) >= 11 is 7.00. The van der Waals surface area contributed by atoms with Crippen molar-refractivity contribution >= 4 is 38.9 Å². The van der Waals surface area contributed by atoms with Gasteiger partial charge in [0.2, 0.25) is 5.91 Å². The number of nitrogens with zero attached hydrogens (tertiary/aromatic N) is 3. The molecule has 3 heterocycles. The van der Waals surface area contributed by atoms with Crippen molar-refractivity contribution in [1.29, 1.82) is 0 Å². The van der Waals surface area contributed by atoms with E-state index < -0.39 is 10.0 Å². The third-order valence-electron chi connectivity index (χ3n) is 6.94. The average molecular weight is 474 g/mol. The lowest BCUT2D eigenvalue weighted by atomic mass is 9.93. The number of hydrogen-bond donors (Lipinski definition) is 0. The molecule has 2 saturated heterocycles. The highest BCUT2D eigenvalue weighted by Gasteiger charge is 2.33. The van der Waals surface area contributed by atoms with Gasteiger partial charge in [-0.15, -0.1) is 11.3 Å². The molecule has 1 aliphatic carbocycles. The van der Waals surface area contributed by atoms with E-state index in [-0.39, 0.29) is 11.8 Å². The zero-order valence-electron chi connectivity index (χ0n) is 17.5. The first-order chi connectivity index (χ1) is 14.4. The number of thiophene rings is 1. The van der Waals surface area contributed by atoms with Gasteiger partial charge in [0.05, 0.1) is 4.34 Å². The maximum absolute atomic E-state index is 12.8. The summed E-state index contributed by atoms with van der Waals surface area (Å²) in [6, 6.07) is 3.92. The molecule has 0 N–H and O–H groups in total. The Labute approximate surface area is 189 Å². The molecule has 9 heteroatoms. The van der Waals surface area contributed by atoms with Gasteiger partial charge in [-0.25, -0.2) is 8.42 Å². The smallest absolute Gasteiger partial charge is 0.252 e. The number of piperazine rings is 1. The Balaban J connectivity index is 1.22. The SMILES string of the molecule is O=C(CC1CCN(S(=O)(=O)c2ccc(Cl)s2)CC1)N1CCN(C2CCCCC2)CC1. The second-order valence-corrected chi connectivity index (χ2v) is 12.7. The van der Waals surface area contributed by atoms with Gasteiger partial charge in [0.15, 0.2) is 0 Å². The Morgan fingerprint density at radius 1 is 0.967 bits per heavy atom. The minimum Gasteiger partial charge on any atom is -0.340 e. The molecule has 1 saturated carbocycles. The highest BCUT2D eigenvalue weighted by atomic mass is 35.5. The van der Waals surface area contributed by atoms with Gasteiger partial charge in [-0.3, -0.25) is 9.69 Å². The lowest BCUT2D eigenvalue weighted by Crippen LogP contribution is -2.52. The summed E-state index contributed by atoms with van der Waals surface area (Å²) in [5.74, 6) is 0.511. The first-order valence-electron chi connectivity index (χ1n) is 11.2. The van der Waals surface area contributed by atoms with Crippen LogP contribution in [0.15, 0.2) is 16.3 Å². The van der Waals surface area contributed by atoms with Crippen LogP contribution in [-0.4, -0.2) is 73.7 Å². The third-order valence-corrected chi connectivity index (χ3v) is 10.5. The van der Waals surface area contributed by atoms with E-state index in [1.807, 2.05) is 4.90 Å². The number of halogens is 1. The number of sulfonamides is 1. The first kappa shape index (κ1) is 22.5. The molecule has 3 aliphatic rings. The predicted molar refractivity (Wildman–Crippen MR) is 120 cm³/mol. The van der Waals surface area contributed by atoms with Crippen LogP contribution >= 0.6 is 22.9 Å². The molecule has 2 aliphatic heterocycles. The van der Waals surface area contributed by atoms with Crippen molar-refractivity contribution in [3.63, 3.8) is 0 Å². The second-order valence-electron chi connectivity index (χ2n) is 8.82. The van der Waals surface area contributed by atoms with E-state index in [1.165, 1.54) is 32.1 Å². The van der Waals surface area contributed by atoms with E-state index >= 15 is 0 Å². The number of piperidine rings is 1. The molecule has 30 heavy (non-hydrogen) atoms. The fraction of sp³-hybridized carbons (Fsp3) is 0.762. The van der Waals surface area contributed by atoms with Crippen LogP contribution in [0.3, 0.4) is 0 Å². The second kappa shape index (κ2) is 9.86. The summed E-state index contributed by atoms with van der Waals surface area (Å²) in [5, 5.41) is 0. The van der Waals surface area contributed by atoms with Crippen LogP contribution in [0.25, 0.3) is 0 Å². The normalized spacial score (nSPS) is 23.7. The van der Waals surface area contributed by atoms with Crippen LogP contribution < -0.4 is 0 Å². The number of carbonyl (C=O) groups excluding carboxylic acids is 1. The lowest BCUT2D eigenvalue weighted by Gasteiger charge is -2.41. The average Bonchev–Trinajstić information content (AvgIpc) is 3.22. The van der Waals surface area contributed by atoms with Gasteiger partial charge in [-0.1, -0.05) is 30.9 Å².